The predicted octanol–water partition coefficient (Wildman–Crippen LogP) is 4.14. The molecular formula is C13H24. The van der Waals surface area contributed by atoms with E-state index in [1.165, 1.54) is 5.92 Å². The van der Waals surface area contributed by atoms with Gasteiger partial charge in [0, 0.05) is 0 Å². The molecule has 0 N–H and O–H groups in total. The third kappa shape index (κ3) is 3.70. The van der Waals surface area contributed by atoms with Gasteiger partial charge in [0.05, 0.1) is 0 Å². The Labute approximate surface area is 85.1 Å². The molecular weight excluding hydrogens is 156 g/mol. The first-order valence-corrected chi connectivity index (χ1v) is 4.81. The minimum Gasteiger partial charge on any atom is -0.0596 e. The van der Waals surface area contributed by atoms with Gasteiger partial charge in [-0.15, -0.1) is 0 Å². The third-order valence-corrected chi connectivity index (χ3v) is 2.03. The summed E-state index contributed by atoms with van der Waals surface area (Å²) in [6.07, 6.45) is 0. The van der Waals surface area contributed by atoms with E-state index in [1.54, 1.807) is 0 Å². The van der Waals surface area contributed by atoms with Gasteiger partial charge < -0.3 is 0 Å². The zero-order valence-electron chi connectivity index (χ0n) is 10.1. The Morgan fingerprint density at radius 3 is 0.923 bits per heavy atom. The van der Waals surface area contributed by atoms with Crippen molar-refractivity contribution in [2.75, 3.05) is 0 Å². The Kier molecular flexibility index (Phi) is 3.29. The molecule has 0 saturated heterocycles. The van der Waals surface area contributed by atoms with Gasteiger partial charge in [0.1, 0.15) is 0 Å². The zero-order chi connectivity index (χ0) is 11.1. The van der Waals surface area contributed by atoms with Crippen LogP contribution in [0.4, 0.5) is 0 Å². The number of rotatable bonds is 1. The second kappa shape index (κ2) is 3.29. The van der Waals surface area contributed by atoms with Gasteiger partial charge in [0.15, 0.2) is 0 Å². The maximum atomic E-state index is 4.04. The fraction of sp³-hybridized carbons (Fsp3) is 0.692. The first-order valence-electron chi connectivity index (χ1n) is 4.81. The van der Waals surface area contributed by atoms with Crippen LogP contribution in [0.1, 0.15) is 41.5 Å². The van der Waals surface area contributed by atoms with E-state index in [4.69, 9.17) is 0 Å². The number of hydrogen-bond acceptors (Lipinski definition) is 0. The lowest BCUT2D eigenvalue weighted by atomic mass is 9.56. The lowest BCUT2D eigenvalue weighted by Crippen LogP contribution is -2.40. The SMILES string of the molecule is [CH2]C([CH2])([CH2])[C](C(C)(C)C)C(C)(C)C. The van der Waals surface area contributed by atoms with E-state index < -0.39 is 5.41 Å². The van der Waals surface area contributed by atoms with Gasteiger partial charge in [0.25, 0.3) is 0 Å². The zero-order valence-corrected chi connectivity index (χ0v) is 10.1. The van der Waals surface area contributed by atoms with Crippen LogP contribution in [-0.4, -0.2) is 0 Å². The summed E-state index contributed by atoms with van der Waals surface area (Å²) in [5, 5.41) is 0. The van der Waals surface area contributed by atoms with Crippen LogP contribution in [-0.2, 0) is 0 Å². The Bertz CT molecular complexity index is 123. The summed E-state index contributed by atoms with van der Waals surface area (Å²) < 4.78 is 0. The standard InChI is InChI=1S/C13H24/c1-11(2,3)10(12(4,5)6)13(7,8)9/h1-3H2,4-9H3. The smallest absolute Gasteiger partial charge is 0.00721 e. The van der Waals surface area contributed by atoms with Gasteiger partial charge >= 0.3 is 0 Å². The Morgan fingerprint density at radius 1 is 0.692 bits per heavy atom. The molecule has 0 aliphatic heterocycles. The summed E-state index contributed by atoms with van der Waals surface area (Å²) in [5.41, 5.74) is -0.219. The Hall–Kier alpha value is 0. The molecule has 0 saturated carbocycles. The number of hydrogen-bond donors (Lipinski definition) is 0. The van der Waals surface area contributed by atoms with Gasteiger partial charge in [-0.1, -0.05) is 41.5 Å². The second-order valence-corrected chi connectivity index (χ2v) is 6.16. The molecule has 0 aromatic carbocycles. The molecule has 0 heterocycles. The van der Waals surface area contributed by atoms with Crippen molar-refractivity contribution in [3.8, 4) is 0 Å². The lowest BCUT2D eigenvalue weighted by molar-refractivity contribution is 0.218. The van der Waals surface area contributed by atoms with Crippen LogP contribution in [0.15, 0.2) is 0 Å². The Morgan fingerprint density at radius 2 is 0.923 bits per heavy atom. The first kappa shape index (κ1) is 13.0. The summed E-state index contributed by atoms with van der Waals surface area (Å²) in [7, 11) is 0. The van der Waals surface area contributed by atoms with Crippen molar-refractivity contribution in [3.05, 3.63) is 26.7 Å². The monoisotopic (exact) mass is 180 g/mol. The quantitative estimate of drug-likeness (QED) is 0.569. The van der Waals surface area contributed by atoms with E-state index in [9.17, 15) is 0 Å². The summed E-state index contributed by atoms with van der Waals surface area (Å²) in [6, 6.07) is 0. The van der Waals surface area contributed by atoms with Crippen molar-refractivity contribution in [2.45, 2.75) is 41.5 Å². The first-order chi connectivity index (χ1) is 5.37. The molecule has 0 fully saturated rings. The van der Waals surface area contributed by atoms with E-state index in [0.29, 0.717) is 0 Å². The highest BCUT2D eigenvalue weighted by molar-refractivity contribution is 5.23. The van der Waals surface area contributed by atoms with Crippen molar-refractivity contribution in [1.82, 2.24) is 0 Å². The van der Waals surface area contributed by atoms with E-state index >= 15 is 0 Å². The maximum absolute atomic E-state index is 4.04. The topological polar surface area (TPSA) is 0 Å². The highest BCUT2D eigenvalue weighted by Crippen LogP contribution is 2.51. The van der Waals surface area contributed by atoms with E-state index in [0.717, 1.165) is 0 Å². The fourth-order valence-electron chi connectivity index (χ4n) is 2.72. The van der Waals surface area contributed by atoms with Crippen LogP contribution in [0.3, 0.4) is 0 Å². The molecule has 0 rings (SSSR count). The summed E-state index contributed by atoms with van der Waals surface area (Å²) in [6.45, 7) is 25.3. The molecule has 0 aromatic heterocycles. The van der Waals surface area contributed by atoms with Crippen LogP contribution >= 0.6 is 0 Å². The van der Waals surface area contributed by atoms with Crippen LogP contribution in [0, 0.1) is 42.9 Å². The van der Waals surface area contributed by atoms with Gasteiger partial charge in [-0.3, -0.25) is 0 Å². The average molecular weight is 180 g/mol. The van der Waals surface area contributed by atoms with Crippen molar-refractivity contribution in [3.63, 3.8) is 0 Å². The molecule has 0 amide bonds. The fourth-order valence-corrected chi connectivity index (χ4v) is 2.72. The lowest BCUT2D eigenvalue weighted by Gasteiger charge is -2.48. The molecule has 0 aromatic rings. The van der Waals surface area contributed by atoms with Crippen LogP contribution in [0.2, 0.25) is 0 Å². The van der Waals surface area contributed by atoms with Crippen molar-refractivity contribution >= 4 is 0 Å². The largest absolute Gasteiger partial charge is 0.0596 e. The molecule has 0 spiro atoms. The van der Waals surface area contributed by atoms with E-state index in [-0.39, 0.29) is 10.8 Å². The minimum atomic E-state index is -0.448. The summed E-state index contributed by atoms with van der Waals surface area (Å²) >= 11 is 0. The van der Waals surface area contributed by atoms with Gasteiger partial charge in [-0.2, -0.15) is 0 Å². The molecule has 0 heteroatoms. The van der Waals surface area contributed by atoms with Crippen molar-refractivity contribution in [2.24, 2.45) is 16.2 Å². The van der Waals surface area contributed by atoms with Crippen LogP contribution < -0.4 is 0 Å². The molecule has 4 radical (unpaired) electrons. The molecule has 0 bridgehead atoms. The second-order valence-electron chi connectivity index (χ2n) is 6.16. The molecule has 76 valence electrons. The normalized spacial score (nSPS) is 15.2. The Balaban J connectivity index is 5.02. The van der Waals surface area contributed by atoms with E-state index in [2.05, 4.69) is 62.3 Å². The molecule has 0 unspecified atom stereocenters. The van der Waals surface area contributed by atoms with E-state index in [1.807, 2.05) is 0 Å². The minimum absolute atomic E-state index is 0.115. The molecule has 0 aliphatic rings. The van der Waals surface area contributed by atoms with Crippen molar-refractivity contribution in [1.29, 1.82) is 0 Å². The van der Waals surface area contributed by atoms with Crippen LogP contribution in [0.25, 0.3) is 0 Å². The molecule has 0 atom stereocenters. The van der Waals surface area contributed by atoms with Gasteiger partial charge in [-0.25, -0.2) is 0 Å². The predicted molar refractivity (Wildman–Crippen MR) is 60.7 cm³/mol. The average Bonchev–Trinajstić information content (AvgIpc) is 1.44. The maximum Gasteiger partial charge on any atom is -0.00721 e. The summed E-state index contributed by atoms with van der Waals surface area (Å²) in [5.74, 6) is 1.31. The van der Waals surface area contributed by atoms with Crippen LogP contribution in [0.5, 0.6) is 0 Å². The van der Waals surface area contributed by atoms with Gasteiger partial charge in [0.2, 0.25) is 0 Å². The highest BCUT2D eigenvalue weighted by Gasteiger charge is 2.43. The third-order valence-electron chi connectivity index (χ3n) is 2.03. The highest BCUT2D eigenvalue weighted by atomic mass is 14.5. The molecule has 13 heavy (non-hydrogen) atoms. The molecule has 0 nitrogen and oxygen atoms in total. The van der Waals surface area contributed by atoms with Gasteiger partial charge in [-0.05, 0) is 42.9 Å². The summed E-state index contributed by atoms with van der Waals surface area (Å²) in [4.78, 5) is 0. The molecule has 0 aliphatic carbocycles. The van der Waals surface area contributed by atoms with Crippen molar-refractivity contribution < 1.29 is 0 Å².